The van der Waals surface area contributed by atoms with E-state index in [9.17, 15) is 16.8 Å². The number of piperidine rings is 1. The molecular weight excluding hydrogens is 386 g/mol. The third-order valence-corrected chi connectivity index (χ3v) is 7.76. The van der Waals surface area contributed by atoms with Crippen LogP contribution in [0.25, 0.3) is 0 Å². The van der Waals surface area contributed by atoms with Gasteiger partial charge in [0.2, 0.25) is 20.0 Å². The van der Waals surface area contributed by atoms with Crippen LogP contribution in [0.3, 0.4) is 0 Å². The molecule has 1 fully saturated rings. The van der Waals surface area contributed by atoms with Crippen LogP contribution in [0.15, 0.2) is 34.1 Å². The first kappa shape index (κ1) is 22.3. The molecule has 0 unspecified atom stereocenters. The van der Waals surface area contributed by atoms with Gasteiger partial charge in [0.1, 0.15) is 0 Å². The van der Waals surface area contributed by atoms with Crippen LogP contribution < -0.4 is 10.0 Å². The van der Waals surface area contributed by atoms with Gasteiger partial charge in [-0.1, -0.05) is 0 Å². The van der Waals surface area contributed by atoms with Gasteiger partial charge in [0.05, 0.1) is 9.79 Å². The summed E-state index contributed by atoms with van der Waals surface area (Å²) in [7, 11) is -3.91. The molecule has 0 atom stereocenters. The minimum Gasteiger partial charge on any atom is -0.320 e. The lowest BCUT2D eigenvalue weighted by Gasteiger charge is -2.31. The standard InChI is InChI=1S/C15H25N3O4S2.ClH/c1-16-10-7-13-8-11-18(12-9-13)24(21,22)15-5-3-14(4-6-15)23(19,20)17-2;/h3-6,13,16-17H,7-12H2,1-2H3;1H. The fourth-order valence-corrected chi connectivity index (χ4v) is 5.04. The highest BCUT2D eigenvalue weighted by molar-refractivity contribution is 7.89. The fraction of sp³-hybridized carbons (Fsp3) is 0.600. The number of hydrogen-bond acceptors (Lipinski definition) is 5. The molecule has 1 aromatic carbocycles. The van der Waals surface area contributed by atoms with E-state index in [0.29, 0.717) is 19.0 Å². The van der Waals surface area contributed by atoms with Crippen molar-refractivity contribution in [2.45, 2.75) is 29.1 Å². The second-order valence-corrected chi connectivity index (χ2v) is 9.74. The molecule has 0 aromatic heterocycles. The summed E-state index contributed by atoms with van der Waals surface area (Å²) in [5.74, 6) is 0.548. The minimum absolute atomic E-state index is 0. The van der Waals surface area contributed by atoms with Crippen molar-refractivity contribution < 1.29 is 16.8 Å². The van der Waals surface area contributed by atoms with E-state index in [1.165, 1.54) is 35.6 Å². The molecule has 10 heteroatoms. The highest BCUT2D eigenvalue weighted by Crippen LogP contribution is 2.26. The highest BCUT2D eigenvalue weighted by atomic mass is 35.5. The van der Waals surface area contributed by atoms with Gasteiger partial charge in [-0.3, -0.25) is 0 Å². The Morgan fingerprint density at radius 2 is 1.52 bits per heavy atom. The van der Waals surface area contributed by atoms with E-state index in [-0.39, 0.29) is 22.2 Å². The Bertz CT molecular complexity index is 743. The van der Waals surface area contributed by atoms with Gasteiger partial charge < -0.3 is 5.32 Å². The van der Waals surface area contributed by atoms with Crippen molar-refractivity contribution >= 4 is 32.5 Å². The molecule has 1 aliphatic rings. The normalized spacial score (nSPS) is 17.2. The molecule has 0 saturated carbocycles. The van der Waals surface area contributed by atoms with Crippen LogP contribution in [0.5, 0.6) is 0 Å². The topological polar surface area (TPSA) is 95.6 Å². The Morgan fingerprint density at radius 1 is 1.00 bits per heavy atom. The second kappa shape index (κ2) is 9.29. The zero-order valence-corrected chi connectivity index (χ0v) is 16.9. The summed E-state index contributed by atoms with van der Waals surface area (Å²) < 4.78 is 52.5. The van der Waals surface area contributed by atoms with Crippen molar-refractivity contribution in [3.8, 4) is 0 Å². The second-order valence-electron chi connectivity index (χ2n) is 5.92. The average molecular weight is 412 g/mol. The lowest BCUT2D eigenvalue weighted by atomic mass is 9.95. The van der Waals surface area contributed by atoms with Gasteiger partial charge in [0.15, 0.2) is 0 Å². The van der Waals surface area contributed by atoms with Crippen LogP contribution in [0, 0.1) is 5.92 Å². The first-order valence-electron chi connectivity index (χ1n) is 7.99. The van der Waals surface area contributed by atoms with Crippen LogP contribution in [-0.4, -0.2) is 54.9 Å². The number of halogens is 1. The van der Waals surface area contributed by atoms with Gasteiger partial charge in [-0.15, -0.1) is 12.4 Å². The van der Waals surface area contributed by atoms with Gasteiger partial charge in [-0.25, -0.2) is 21.6 Å². The number of benzene rings is 1. The van der Waals surface area contributed by atoms with E-state index in [1.54, 1.807) is 0 Å². The van der Waals surface area contributed by atoms with Crippen LogP contribution in [0.4, 0.5) is 0 Å². The van der Waals surface area contributed by atoms with E-state index in [2.05, 4.69) is 10.0 Å². The number of sulfonamides is 2. The van der Waals surface area contributed by atoms with Gasteiger partial charge in [0, 0.05) is 13.1 Å². The molecule has 0 spiro atoms. The van der Waals surface area contributed by atoms with Crippen LogP contribution in [0.2, 0.25) is 0 Å². The monoisotopic (exact) mass is 411 g/mol. The van der Waals surface area contributed by atoms with E-state index in [4.69, 9.17) is 0 Å². The van der Waals surface area contributed by atoms with Crippen LogP contribution >= 0.6 is 12.4 Å². The summed E-state index contributed by atoms with van der Waals surface area (Å²) in [5.41, 5.74) is 0. The number of nitrogens with one attached hydrogen (secondary N) is 2. The average Bonchev–Trinajstić information content (AvgIpc) is 2.60. The molecule has 1 saturated heterocycles. The number of nitrogens with zero attached hydrogens (tertiary/aromatic N) is 1. The van der Waals surface area contributed by atoms with E-state index in [1.807, 2.05) is 7.05 Å². The lowest BCUT2D eigenvalue weighted by Crippen LogP contribution is -2.38. The van der Waals surface area contributed by atoms with Crippen molar-refractivity contribution in [2.24, 2.45) is 5.92 Å². The van der Waals surface area contributed by atoms with Gasteiger partial charge in [-0.2, -0.15) is 4.31 Å². The molecule has 1 heterocycles. The largest absolute Gasteiger partial charge is 0.320 e. The Balaban J connectivity index is 0.00000312. The predicted molar refractivity (Wildman–Crippen MR) is 100.0 cm³/mol. The van der Waals surface area contributed by atoms with Crippen molar-refractivity contribution in [2.75, 3.05) is 33.7 Å². The van der Waals surface area contributed by atoms with Crippen molar-refractivity contribution in [1.82, 2.24) is 14.3 Å². The first-order chi connectivity index (χ1) is 11.3. The van der Waals surface area contributed by atoms with Crippen LogP contribution in [-0.2, 0) is 20.0 Å². The Hall–Kier alpha value is -0.710. The zero-order valence-electron chi connectivity index (χ0n) is 14.4. The molecule has 2 rings (SSSR count). The first-order valence-corrected chi connectivity index (χ1v) is 10.9. The third kappa shape index (κ3) is 5.38. The van der Waals surface area contributed by atoms with Gasteiger partial charge >= 0.3 is 0 Å². The summed E-state index contributed by atoms with van der Waals surface area (Å²) in [4.78, 5) is 0.181. The maximum atomic E-state index is 12.7. The van der Waals surface area contributed by atoms with E-state index < -0.39 is 20.0 Å². The SMILES string of the molecule is CNCCC1CCN(S(=O)(=O)c2ccc(S(=O)(=O)NC)cc2)CC1.Cl. The highest BCUT2D eigenvalue weighted by Gasteiger charge is 2.29. The van der Waals surface area contributed by atoms with Crippen LogP contribution in [0.1, 0.15) is 19.3 Å². The molecule has 144 valence electrons. The maximum Gasteiger partial charge on any atom is 0.243 e. The third-order valence-electron chi connectivity index (χ3n) is 4.42. The fourth-order valence-electron chi connectivity index (χ4n) is 2.84. The maximum absolute atomic E-state index is 12.7. The molecule has 2 N–H and O–H groups in total. The molecule has 25 heavy (non-hydrogen) atoms. The van der Waals surface area contributed by atoms with Crippen molar-refractivity contribution in [3.63, 3.8) is 0 Å². The molecule has 0 radical (unpaired) electrons. The summed E-state index contributed by atoms with van der Waals surface area (Å²) in [6.45, 7) is 1.96. The zero-order chi connectivity index (χ0) is 17.8. The van der Waals surface area contributed by atoms with Crippen molar-refractivity contribution in [1.29, 1.82) is 0 Å². The van der Waals surface area contributed by atoms with Gasteiger partial charge in [-0.05, 0) is 70.1 Å². The number of rotatable bonds is 7. The molecule has 0 aliphatic carbocycles. The summed E-state index contributed by atoms with van der Waals surface area (Å²) in [6.07, 6.45) is 2.77. The summed E-state index contributed by atoms with van der Waals surface area (Å²) in [6, 6.07) is 5.34. The van der Waals surface area contributed by atoms with E-state index in [0.717, 1.165) is 25.8 Å². The predicted octanol–water partition coefficient (Wildman–Crippen LogP) is 1.03. The summed E-state index contributed by atoms with van der Waals surface area (Å²) >= 11 is 0. The quantitative estimate of drug-likeness (QED) is 0.698. The molecular formula is C15H26ClN3O4S2. The molecule has 0 bridgehead atoms. The Kier molecular flexibility index (Phi) is 8.30. The van der Waals surface area contributed by atoms with Gasteiger partial charge in [0.25, 0.3) is 0 Å². The smallest absolute Gasteiger partial charge is 0.243 e. The number of hydrogen-bond donors (Lipinski definition) is 2. The van der Waals surface area contributed by atoms with E-state index >= 15 is 0 Å². The lowest BCUT2D eigenvalue weighted by molar-refractivity contribution is 0.263. The molecule has 0 amide bonds. The molecule has 1 aromatic rings. The Morgan fingerprint density at radius 3 is 2.00 bits per heavy atom. The molecule has 7 nitrogen and oxygen atoms in total. The minimum atomic E-state index is -3.57. The molecule has 1 aliphatic heterocycles. The summed E-state index contributed by atoms with van der Waals surface area (Å²) in [5, 5.41) is 3.12. The van der Waals surface area contributed by atoms with Crippen molar-refractivity contribution in [3.05, 3.63) is 24.3 Å². The Labute approximate surface area is 156 Å².